The monoisotopic (exact) mass is 435 g/mol. The average Bonchev–Trinajstić information content (AvgIpc) is 3.34. The van der Waals surface area contributed by atoms with E-state index < -0.39 is 0 Å². The van der Waals surface area contributed by atoms with Crippen LogP contribution in [0.15, 0.2) is 77.5 Å². The molecule has 0 radical (unpaired) electrons. The number of halogens is 1. The molecule has 0 atom stereocenters. The van der Waals surface area contributed by atoms with Crippen LogP contribution in [-0.4, -0.2) is 23.4 Å². The fourth-order valence-electron chi connectivity index (χ4n) is 2.93. The van der Waals surface area contributed by atoms with Crippen molar-refractivity contribution in [3.05, 3.63) is 89.5 Å². The number of hydrogen-bond donors (Lipinski definition) is 2. The maximum Gasteiger partial charge on any atom is 0.291 e. The summed E-state index contributed by atoms with van der Waals surface area (Å²) >= 11 is 6.17. The lowest BCUT2D eigenvalue weighted by Crippen LogP contribution is -2.28. The van der Waals surface area contributed by atoms with Gasteiger partial charge in [-0.15, -0.1) is 0 Å². The standard InChI is InChI=1S/C23H18ClN3O4/c24-18-9-10-19(22-17(18)3-1-11-25-22)31-14-21(28)26-13-15-5-7-16(8-6-15)27-23(29)20-4-2-12-30-20/h1-12H,13-14H2,(H,26,28)(H,27,29). The second-order valence-electron chi connectivity index (χ2n) is 6.64. The molecule has 0 fully saturated rings. The van der Waals surface area contributed by atoms with Crippen LogP contribution in [0, 0.1) is 0 Å². The number of pyridine rings is 1. The minimum atomic E-state index is -0.326. The number of nitrogens with zero attached hydrogens (tertiary/aromatic N) is 1. The Morgan fingerprint density at radius 3 is 2.65 bits per heavy atom. The van der Waals surface area contributed by atoms with E-state index in [0.29, 0.717) is 28.5 Å². The van der Waals surface area contributed by atoms with Crippen LogP contribution >= 0.6 is 11.6 Å². The smallest absolute Gasteiger partial charge is 0.291 e. The fraction of sp³-hybridized carbons (Fsp3) is 0.0870. The van der Waals surface area contributed by atoms with Gasteiger partial charge in [-0.2, -0.15) is 0 Å². The van der Waals surface area contributed by atoms with Crippen molar-refractivity contribution >= 4 is 40.0 Å². The summed E-state index contributed by atoms with van der Waals surface area (Å²) in [4.78, 5) is 28.4. The number of carbonyl (C=O) groups is 2. The summed E-state index contributed by atoms with van der Waals surface area (Å²) < 4.78 is 10.7. The number of rotatable bonds is 7. The van der Waals surface area contributed by atoms with Crippen LogP contribution in [-0.2, 0) is 11.3 Å². The maximum absolute atomic E-state index is 12.2. The zero-order chi connectivity index (χ0) is 21.6. The van der Waals surface area contributed by atoms with Gasteiger partial charge in [0.15, 0.2) is 12.4 Å². The first-order valence-electron chi connectivity index (χ1n) is 9.47. The molecule has 8 heteroatoms. The molecule has 2 N–H and O–H groups in total. The van der Waals surface area contributed by atoms with Gasteiger partial charge in [-0.1, -0.05) is 23.7 Å². The zero-order valence-corrected chi connectivity index (χ0v) is 17.1. The van der Waals surface area contributed by atoms with Crippen molar-refractivity contribution < 1.29 is 18.7 Å². The van der Waals surface area contributed by atoms with E-state index in [1.807, 2.05) is 18.2 Å². The summed E-state index contributed by atoms with van der Waals surface area (Å²) in [5.74, 6) is 0.133. The Balaban J connectivity index is 1.28. The van der Waals surface area contributed by atoms with E-state index in [0.717, 1.165) is 10.9 Å². The Morgan fingerprint density at radius 1 is 1.03 bits per heavy atom. The van der Waals surface area contributed by atoms with Crippen LogP contribution in [0.2, 0.25) is 5.02 Å². The highest BCUT2D eigenvalue weighted by molar-refractivity contribution is 6.35. The van der Waals surface area contributed by atoms with E-state index in [4.69, 9.17) is 20.8 Å². The SMILES string of the molecule is O=C(COc1ccc(Cl)c2cccnc12)NCc1ccc(NC(=O)c2ccco2)cc1. The third-order valence-electron chi connectivity index (χ3n) is 4.48. The molecule has 2 aromatic heterocycles. The number of hydrogen-bond acceptors (Lipinski definition) is 5. The molecule has 2 amide bonds. The summed E-state index contributed by atoms with van der Waals surface area (Å²) in [6, 6.07) is 17.4. The Kier molecular flexibility index (Phi) is 6.14. The van der Waals surface area contributed by atoms with E-state index in [2.05, 4.69) is 15.6 Å². The number of amides is 2. The number of fused-ring (bicyclic) bond motifs is 1. The van der Waals surface area contributed by atoms with Gasteiger partial charge in [0.05, 0.1) is 11.3 Å². The van der Waals surface area contributed by atoms with Gasteiger partial charge in [0.25, 0.3) is 11.8 Å². The Morgan fingerprint density at radius 2 is 1.87 bits per heavy atom. The molecule has 2 aromatic carbocycles. The highest BCUT2D eigenvalue weighted by atomic mass is 35.5. The molecule has 0 unspecified atom stereocenters. The number of furan rings is 1. The highest BCUT2D eigenvalue weighted by Crippen LogP contribution is 2.29. The average molecular weight is 436 g/mol. The van der Waals surface area contributed by atoms with Crippen LogP contribution in [0.5, 0.6) is 5.75 Å². The van der Waals surface area contributed by atoms with Gasteiger partial charge < -0.3 is 19.8 Å². The van der Waals surface area contributed by atoms with Gasteiger partial charge in [-0.3, -0.25) is 14.6 Å². The number of aromatic nitrogens is 1. The van der Waals surface area contributed by atoms with E-state index in [9.17, 15) is 9.59 Å². The molecular formula is C23H18ClN3O4. The first-order chi connectivity index (χ1) is 15.1. The predicted molar refractivity (Wildman–Crippen MR) is 117 cm³/mol. The second-order valence-corrected chi connectivity index (χ2v) is 7.05. The molecule has 4 rings (SSSR count). The van der Waals surface area contributed by atoms with Gasteiger partial charge in [-0.25, -0.2) is 0 Å². The van der Waals surface area contributed by atoms with Gasteiger partial charge in [0.1, 0.15) is 11.3 Å². The molecule has 2 heterocycles. The van der Waals surface area contributed by atoms with Gasteiger partial charge >= 0.3 is 0 Å². The Labute approximate surface area is 183 Å². The number of ether oxygens (including phenoxy) is 1. The van der Waals surface area contributed by atoms with Crippen molar-refractivity contribution in [2.24, 2.45) is 0 Å². The minimum absolute atomic E-state index is 0.148. The lowest BCUT2D eigenvalue weighted by Gasteiger charge is -2.10. The first-order valence-corrected chi connectivity index (χ1v) is 9.84. The first kappa shape index (κ1) is 20.4. The predicted octanol–water partition coefficient (Wildman–Crippen LogP) is 4.43. The summed E-state index contributed by atoms with van der Waals surface area (Å²) in [6.45, 7) is 0.179. The largest absolute Gasteiger partial charge is 0.481 e. The lowest BCUT2D eigenvalue weighted by atomic mass is 10.2. The van der Waals surface area contributed by atoms with E-state index in [1.165, 1.54) is 6.26 Å². The van der Waals surface area contributed by atoms with Crippen LogP contribution in [0.1, 0.15) is 16.1 Å². The number of carbonyl (C=O) groups excluding carboxylic acids is 2. The number of nitrogens with one attached hydrogen (secondary N) is 2. The van der Waals surface area contributed by atoms with Crippen molar-refractivity contribution in [3.8, 4) is 5.75 Å². The number of anilines is 1. The van der Waals surface area contributed by atoms with Gasteiger partial charge in [-0.05, 0) is 54.1 Å². The Bertz CT molecular complexity index is 1210. The molecule has 0 saturated heterocycles. The summed E-state index contributed by atoms with van der Waals surface area (Å²) in [6.07, 6.45) is 3.09. The van der Waals surface area contributed by atoms with Crippen LogP contribution in [0.4, 0.5) is 5.69 Å². The molecule has 156 valence electrons. The third kappa shape index (κ3) is 5.02. The molecule has 0 spiro atoms. The van der Waals surface area contributed by atoms with Crippen LogP contribution in [0.25, 0.3) is 10.9 Å². The van der Waals surface area contributed by atoms with Crippen LogP contribution < -0.4 is 15.4 Å². The molecule has 0 bridgehead atoms. The quantitative estimate of drug-likeness (QED) is 0.448. The topological polar surface area (TPSA) is 93.5 Å². The fourth-order valence-corrected chi connectivity index (χ4v) is 3.15. The van der Waals surface area contributed by atoms with E-state index in [1.54, 1.807) is 48.7 Å². The second kappa shape index (κ2) is 9.32. The molecule has 0 aliphatic heterocycles. The van der Waals surface area contributed by atoms with Crippen molar-refractivity contribution in [1.29, 1.82) is 0 Å². The molecule has 7 nitrogen and oxygen atoms in total. The maximum atomic E-state index is 12.2. The zero-order valence-electron chi connectivity index (χ0n) is 16.3. The molecule has 4 aromatic rings. The number of benzene rings is 2. The molecule has 0 aliphatic carbocycles. The van der Waals surface area contributed by atoms with Crippen molar-refractivity contribution in [1.82, 2.24) is 10.3 Å². The summed E-state index contributed by atoms with van der Waals surface area (Å²) in [5.41, 5.74) is 2.11. The molecular weight excluding hydrogens is 418 g/mol. The van der Waals surface area contributed by atoms with Crippen LogP contribution in [0.3, 0.4) is 0 Å². The molecule has 31 heavy (non-hydrogen) atoms. The third-order valence-corrected chi connectivity index (χ3v) is 4.81. The molecule has 0 saturated carbocycles. The summed E-state index contributed by atoms with van der Waals surface area (Å²) in [7, 11) is 0. The van der Waals surface area contributed by atoms with E-state index in [-0.39, 0.29) is 24.2 Å². The van der Waals surface area contributed by atoms with Crippen molar-refractivity contribution in [3.63, 3.8) is 0 Å². The summed E-state index contributed by atoms with van der Waals surface area (Å²) in [5, 5.41) is 6.87. The van der Waals surface area contributed by atoms with Gasteiger partial charge in [0, 0.05) is 23.8 Å². The van der Waals surface area contributed by atoms with E-state index >= 15 is 0 Å². The minimum Gasteiger partial charge on any atom is -0.481 e. The molecule has 0 aliphatic rings. The van der Waals surface area contributed by atoms with Gasteiger partial charge in [0.2, 0.25) is 0 Å². The van der Waals surface area contributed by atoms with Crippen molar-refractivity contribution in [2.75, 3.05) is 11.9 Å². The normalized spacial score (nSPS) is 10.6. The lowest BCUT2D eigenvalue weighted by molar-refractivity contribution is -0.123. The highest BCUT2D eigenvalue weighted by Gasteiger charge is 2.10. The Hall–Kier alpha value is -3.84. The van der Waals surface area contributed by atoms with Crippen molar-refractivity contribution in [2.45, 2.75) is 6.54 Å².